The van der Waals surface area contributed by atoms with E-state index >= 15 is 0 Å². The molecule has 19 heavy (non-hydrogen) atoms. The molecule has 0 radical (unpaired) electrons. The molecular formula is C16H26N2O. The van der Waals surface area contributed by atoms with Crippen LogP contribution in [0.15, 0.2) is 24.3 Å². The van der Waals surface area contributed by atoms with Gasteiger partial charge in [0.05, 0.1) is 0 Å². The Kier molecular flexibility index (Phi) is 4.61. The maximum atomic E-state index is 12.2. The van der Waals surface area contributed by atoms with Gasteiger partial charge < -0.3 is 10.6 Å². The lowest BCUT2D eigenvalue weighted by Gasteiger charge is -2.33. The fourth-order valence-electron chi connectivity index (χ4n) is 2.54. The highest BCUT2D eigenvalue weighted by molar-refractivity contribution is 5.95. The Balaban J connectivity index is 2.72. The molecule has 0 unspecified atom stereocenters. The minimum absolute atomic E-state index is 0.0168. The van der Waals surface area contributed by atoms with E-state index in [1.54, 1.807) is 0 Å². The average Bonchev–Trinajstić information content (AvgIpc) is 2.25. The Hall–Kier alpha value is -1.51. The third-order valence-corrected chi connectivity index (χ3v) is 2.86. The van der Waals surface area contributed by atoms with Crippen molar-refractivity contribution in [3.63, 3.8) is 0 Å². The molecule has 0 heterocycles. The lowest BCUT2D eigenvalue weighted by Crippen LogP contribution is -2.45. The van der Waals surface area contributed by atoms with Crippen LogP contribution < -0.4 is 10.6 Å². The first-order chi connectivity index (χ1) is 8.63. The van der Waals surface area contributed by atoms with Gasteiger partial charge in [0.2, 0.25) is 0 Å². The zero-order chi connectivity index (χ0) is 14.7. The van der Waals surface area contributed by atoms with Crippen LogP contribution >= 0.6 is 0 Å². The van der Waals surface area contributed by atoms with Crippen LogP contribution in [0.5, 0.6) is 0 Å². The van der Waals surface area contributed by atoms with Crippen molar-refractivity contribution in [2.45, 2.75) is 46.6 Å². The molecule has 0 bridgehead atoms. The zero-order valence-electron chi connectivity index (χ0n) is 12.9. The van der Waals surface area contributed by atoms with Crippen LogP contribution in [0.25, 0.3) is 0 Å². The SMILES string of the molecule is CNc1ccc(C(=O)NC(C)(C)CC(C)(C)C)cc1. The van der Waals surface area contributed by atoms with E-state index in [4.69, 9.17) is 0 Å². The first kappa shape index (κ1) is 15.5. The third-order valence-electron chi connectivity index (χ3n) is 2.86. The quantitative estimate of drug-likeness (QED) is 0.869. The Labute approximate surface area is 116 Å². The second-order valence-electron chi connectivity index (χ2n) is 6.90. The molecule has 1 aromatic carbocycles. The fourth-order valence-corrected chi connectivity index (χ4v) is 2.54. The van der Waals surface area contributed by atoms with Crippen molar-refractivity contribution in [3.05, 3.63) is 29.8 Å². The minimum atomic E-state index is -0.211. The molecule has 0 saturated heterocycles. The molecule has 0 fully saturated rings. The highest BCUT2D eigenvalue weighted by atomic mass is 16.1. The van der Waals surface area contributed by atoms with E-state index < -0.39 is 0 Å². The molecule has 0 spiro atoms. The summed E-state index contributed by atoms with van der Waals surface area (Å²) in [6.45, 7) is 10.7. The molecule has 106 valence electrons. The summed E-state index contributed by atoms with van der Waals surface area (Å²) in [4.78, 5) is 12.2. The molecule has 0 aliphatic heterocycles. The van der Waals surface area contributed by atoms with E-state index in [0.29, 0.717) is 5.56 Å². The topological polar surface area (TPSA) is 41.1 Å². The summed E-state index contributed by atoms with van der Waals surface area (Å²) < 4.78 is 0. The van der Waals surface area contributed by atoms with Crippen LogP contribution in [0.2, 0.25) is 0 Å². The van der Waals surface area contributed by atoms with Gasteiger partial charge in [-0.3, -0.25) is 4.79 Å². The van der Waals surface area contributed by atoms with E-state index in [-0.39, 0.29) is 16.9 Å². The zero-order valence-corrected chi connectivity index (χ0v) is 12.9. The van der Waals surface area contributed by atoms with Gasteiger partial charge in [-0.1, -0.05) is 20.8 Å². The molecule has 0 aromatic heterocycles. The smallest absolute Gasteiger partial charge is 0.251 e. The Bertz CT molecular complexity index is 427. The standard InChI is InChI=1S/C16H26N2O/c1-15(2,3)11-16(4,5)18-14(19)12-7-9-13(17-6)10-8-12/h7-10,17H,11H2,1-6H3,(H,18,19). The number of benzene rings is 1. The lowest BCUT2D eigenvalue weighted by molar-refractivity contribution is 0.0891. The molecule has 1 amide bonds. The summed E-state index contributed by atoms with van der Waals surface area (Å²) in [5, 5.41) is 6.15. The molecular weight excluding hydrogens is 236 g/mol. The van der Waals surface area contributed by atoms with Crippen molar-refractivity contribution < 1.29 is 4.79 Å². The summed E-state index contributed by atoms with van der Waals surface area (Å²) in [6.07, 6.45) is 0.931. The average molecular weight is 262 g/mol. The van der Waals surface area contributed by atoms with Crippen LogP contribution in [-0.2, 0) is 0 Å². The maximum absolute atomic E-state index is 12.2. The second-order valence-corrected chi connectivity index (χ2v) is 6.90. The predicted octanol–water partition coefficient (Wildman–Crippen LogP) is 3.67. The number of amides is 1. The van der Waals surface area contributed by atoms with Crippen LogP contribution in [0.1, 0.15) is 51.4 Å². The molecule has 3 nitrogen and oxygen atoms in total. The largest absolute Gasteiger partial charge is 0.388 e. The van der Waals surface area contributed by atoms with E-state index in [0.717, 1.165) is 12.1 Å². The summed E-state index contributed by atoms with van der Waals surface area (Å²) in [5.41, 5.74) is 1.68. The third kappa shape index (κ3) is 5.33. The van der Waals surface area contributed by atoms with Gasteiger partial charge in [-0.05, 0) is 49.9 Å². The van der Waals surface area contributed by atoms with Crippen molar-refractivity contribution in [2.75, 3.05) is 12.4 Å². The Morgan fingerprint density at radius 2 is 1.58 bits per heavy atom. The minimum Gasteiger partial charge on any atom is -0.388 e. The maximum Gasteiger partial charge on any atom is 0.251 e. The number of carbonyl (C=O) groups is 1. The van der Waals surface area contributed by atoms with Crippen LogP contribution in [0.3, 0.4) is 0 Å². The first-order valence-corrected chi connectivity index (χ1v) is 6.73. The molecule has 2 N–H and O–H groups in total. The Morgan fingerprint density at radius 3 is 2.00 bits per heavy atom. The number of carbonyl (C=O) groups excluding carboxylic acids is 1. The second kappa shape index (κ2) is 5.64. The molecule has 0 saturated carbocycles. The number of anilines is 1. The van der Waals surface area contributed by atoms with Gasteiger partial charge in [0.15, 0.2) is 0 Å². The van der Waals surface area contributed by atoms with Gasteiger partial charge in [0.1, 0.15) is 0 Å². The van der Waals surface area contributed by atoms with Crippen molar-refractivity contribution in [1.82, 2.24) is 5.32 Å². The van der Waals surface area contributed by atoms with E-state index in [9.17, 15) is 4.79 Å². The number of hydrogen-bond acceptors (Lipinski definition) is 2. The molecule has 1 rings (SSSR count). The van der Waals surface area contributed by atoms with Crippen molar-refractivity contribution in [2.24, 2.45) is 5.41 Å². The van der Waals surface area contributed by atoms with Crippen LogP contribution in [0, 0.1) is 5.41 Å². The van der Waals surface area contributed by atoms with Crippen LogP contribution in [0.4, 0.5) is 5.69 Å². The summed E-state index contributed by atoms with van der Waals surface area (Å²) >= 11 is 0. The first-order valence-electron chi connectivity index (χ1n) is 6.73. The molecule has 0 aliphatic rings. The lowest BCUT2D eigenvalue weighted by atomic mass is 9.81. The molecule has 0 atom stereocenters. The van der Waals surface area contributed by atoms with Gasteiger partial charge in [-0.2, -0.15) is 0 Å². The highest BCUT2D eigenvalue weighted by Crippen LogP contribution is 2.27. The normalized spacial score (nSPS) is 12.1. The molecule has 1 aromatic rings. The van der Waals surface area contributed by atoms with E-state index in [2.05, 4.69) is 45.3 Å². The van der Waals surface area contributed by atoms with Crippen molar-refractivity contribution in [1.29, 1.82) is 0 Å². The van der Waals surface area contributed by atoms with Gasteiger partial charge >= 0.3 is 0 Å². The number of hydrogen-bond donors (Lipinski definition) is 2. The van der Waals surface area contributed by atoms with Gasteiger partial charge in [-0.25, -0.2) is 0 Å². The molecule has 3 heteroatoms. The monoisotopic (exact) mass is 262 g/mol. The Morgan fingerprint density at radius 1 is 1.05 bits per heavy atom. The molecule has 0 aliphatic carbocycles. The highest BCUT2D eigenvalue weighted by Gasteiger charge is 2.27. The van der Waals surface area contributed by atoms with E-state index in [1.165, 1.54) is 0 Å². The number of rotatable bonds is 4. The summed E-state index contributed by atoms with van der Waals surface area (Å²) in [7, 11) is 1.86. The predicted molar refractivity (Wildman–Crippen MR) is 81.6 cm³/mol. The fraction of sp³-hybridized carbons (Fsp3) is 0.562. The van der Waals surface area contributed by atoms with Gasteiger partial charge in [-0.15, -0.1) is 0 Å². The summed E-state index contributed by atoms with van der Waals surface area (Å²) in [6, 6.07) is 7.50. The van der Waals surface area contributed by atoms with Gasteiger partial charge in [0.25, 0.3) is 5.91 Å². The van der Waals surface area contributed by atoms with E-state index in [1.807, 2.05) is 31.3 Å². The van der Waals surface area contributed by atoms with Crippen molar-refractivity contribution in [3.8, 4) is 0 Å². The number of nitrogens with one attached hydrogen (secondary N) is 2. The van der Waals surface area contributed by atoms with Gasteiger partial charge in [0, 0.05) is 23.8 Å². The van der Waals surface area contributed by atoms with Crippen LogP contribution in [-0.4, -0.2) is 18.5 Å². The summed E-state index contributed by atoms with van der Waals surface area (Å²) in [5.74, 6) is -0.0168. The van der Waals surface area contributed by atoms with Crippen molar-refractivity contribution >= 4 is 11.6 Å².